The highest BCUT2D eigenvalue weighted by molar-refractivity contribution is 9.10. The summed E-state index contributed by atoms with van der Waals surface area (Å²) in [7, 11) is 0. The number of nitrogens with one attached hydrogen (secondary N) is 1. The van der Waals surface area contributed by atoms with Crippen molar-refractivity contribution in [3.8, 4) is 0 Å². The van der Waals surface area contributed by atoms with Gasteiger partial charge in [-0.1, -0.05) is 35.0 Å². The van der Waals surface area contributed by atoms with Crippen LogP contribution in [0.2, 0.25) is 0 Å². The third-order valence-electron chi connectivity index (χ3n) is 3.22. The molecule has 1 saturated heterocycles. The molecule has 1 aromatic rings. The van der Waals surface area contributed by atoms with E-state index in [1.54, 1.807) is 0 Å². The number of rotatable bonds is 3. The zero-order valence-electron chi connectivity index (χ0n) is 8.52. The van der Waals surface area contributed by atoms with Crippen LogP contribution in [0, 0.1) is 5.41 Å². The standard InChI is InChI=1S/C12H16BrN/c1-2-12(8-14-9-12)7-10-4-3-5-11(13)6-10/h3-6,14H,2,7-9H2,1H3. The highest BCUT2D eigenvalue weighted by atomic mass is 79.9. The second kappa shape index (κ2) is 4.03. The van der Waals surface area contributed by atoms with Crippen LogP contribution in [0.25, 0.3) is 0 Å². The number of halogens is 1. The Morgan fingerprint density at radius 1 is 1.43 bits per heavy atom. The molecule has 14 heavy (non-hydrogen) atoms. The minimum Gasteiger partial charge on any atom is -0.316 e. The fraction of sp³-hybridized carbons (Fsp3) is 0.500. The van der Waals surface area contributed by atoms with Crippen LogP contribution in [0.5, 0.6) is 0 Å². The SMILES string of the molecule is CCC1(Cc2cccc(Br)c2)CNC1. The Balaban J connectivity index is 2.09. The zero-order chi connectivity index (χ0) is 10.0. The summed E-state index contributed by atoms with van der Waals surface area (Å²) in [5.74, 6) is 0. The van der Waals surface area contributed by atoms with Crippen molar-refractivity contribution in [1.82, 2.24) is 5.32 Å². The first-order chi connectivity index (χ1) is 6.74. The van der Waals surface area contributed by atoms with E-state index in [4.69, 9.17) is 0 Å². The molecule has 1 aliphatic rings. The van der Waals surface area contributed by atoms with E-state index in [0.717, 1.165) is 0 Å². The largest absolute Gasteiger partial charge is 0.316 e. The van der Waals surface area contributed by atoms with Gasteiger partial charge in [0.1, 0.15) is 0 Å². The molecule has 1 N–H and O–H groups in total. The summed E-state index contributed by atoms with van der Waals surface area (Å²) in [4.78, 5) is 0. The van der Waals surface area contributed by atoms with E-state index in [2.05, 4.69) is 52.4 Å². The molecule has 0 bridgehead atoms. The number of hydrogen-bond acceptors (Lipinski definition) is 1. The summed E-state index contributed by atoms with van der Waals surface area (Å²) in [5, 5.41) is 3.38. The Morgan fingerprint density at radius 2 is 2.21 bits per heavy atom. The summed E-state index contributed by atoms with van der Waals surface area (Å²) >= 11 is 3.52. The van der Waals surface area contributed by atoms with Gasteiger partial charge in [-0.05, 0) is 36.0 Å². The highest BCUT2D eigenvalue weighted by Crippen LogP contribution is 2.31. The third-order valence-corrected chi connectivity index (χ3v) is 3.71. The Hall–Kier alpha value is -0.340. The van der Waals surface area contributed by atoms with E-state index in [1.807, 2.05) is 0 Å². The van der Waals surface area contributed by atoms with E-state index < -0.39 is 0 Å². The highest BCUT2D eigenvalue weighted by Gasteiger charge is 2.34. The predicted octanol–water partition coefficient (Wildman–Crippen LogP) is 2.99. The van der Waals surface area contributed by atoms with Gasteiger partial charge in [-0.15, -0.1) is 0 Å². The lowest BCUT2D eigenvalue weighted by Crippen LogP contribution is -2.54. The predicted molar refractivity (Wildman–Crippen MR) is 63.4 cm³/mol. The molecular weight excluding hydrogens is 238 g/mol. The topological polar surface area (TPSA) is 12.0 Å². The van der Waals surface area contributed by atoms with E-state index >= 15 is 0 Å². The maximum absolute atomic E-state index is 3.52. The van der Waals surface area contributed by atoms with Crippen molar-refractivity contribution in [2.45, 2.75) is 19.8 Å². The molecule has 0 saturated carbocycles. The van der Waals surface area contributed by atoms with E-state index in [-0.39, 0.29) is 0 Å². The van der Waals surface area contributed by atoms with Crippen LogP contribution in [-0.2, 0) is 6.42 Å². The minimum absolute atomic E-state index is 0.529. The third kappa shape index (κ3) is 2.01. The average Bonchev–Trinajstić information content (AvgIpc) is 2.11. The summed E-state index contributed by atoms with van der Waals surface area (Å²) in [6.07, 6.45) is 2.47. The maximum atomic E-state index is 3.52. The average molecular weight is 254 g/mol. The monoisotopic (exact) mass is 253 g/mol. The summed E-state index contributed by atoms with van der Waals surface area (Å²) in [6.45, 7) is 4.64. The number of benzene rings is 1. The van der Waals surface area contributed by atoms with Gasteiger partial charge in [-0.2, -0.15) is 0 Å². The van der Waals surface area contributed by atoms with Crippen molar-refractivity contribution >= 4 is 15.9 Å². The smallest absolute Gasteiger partial charge is 0.0177 e. The van der Waals surface area contributed by atoms with Gasteiger partial charge in [0.15, 0.2) is 0 Å². The van der Waals surface area contributed by atoms with Crippen molar-refractivity contribution in [1.29, 1.82) is 0 Å². The van der Waals surface area contributed by atoms with Crippen molar-refractivity contribution in [2.24, 2.45) is 5.41 Å². The van der Waals surface area contributed by atoms with Gasteiger partial charge in [0.05, 0.1) is 0 Å². The van der Waals surface area contributed by atoms with Crippen molar-refractivity contribution in [3.63, 3.8) is 0 Å². The second-order valence-corrected chi connectivity index (χ2v) is 5.18. The van der Waals surface area contributed by atoms with Crippen LogP contribution in [0.1, 0.15) is 18.9 Å². The van der Waals surface area contributed by atoms with Gasteiger partial charge in [0, 0.05) is 17.6 Å². The van der Waals surface area contributed by atoms with Crippen LogP contribution in [0.3, 0.4) is 0 Å². The van der Waals surface area contributed by atoms with Gasteiger partial charge in [-0.3, -0.25) is 0 Å². The first kappa shape index (κ1) is 10.2. The van der Waals surface area contributed by atoms with Gasteiger partial charge < -0.3 is 5.32 Å². The van der Waals surface area contributed by atoms with Crippen LogP contribution in [-0.4, -0.2) is 13.1 Å². The van der Waals surface area contributed by atoms with Gasteiger partial charge in [0.2, 0.25) is 0 Å². The molecule has 1 heterocycles. The Morgan fingerprint density at radius 3 is 2.71 bits per heavy atom. The van der Waals surface area contributed by atoms with Crippen molar-refractivity contribution in [3.05, 3.63) is 34.3 Å². The summed E-state index contributed by atoms with van der Waals surface area (Å²) < 4.78 is 1.19. The van der Waals surface area contributed by atoms with Gasteiger partial charge in [-0.25, -0.2) is 0 Å². The Bertz CT molecular complexity index is 312. The second-order valence-electron chi connectivity index (χ2n) is 4.26. The molecule has 0 spiro atoms. The molecular formula is C12H16BrN. The summed E-state index contributed by atoms with van der Waals surface area (Å²) in [6, 6.07) is 8.66. The lowest BCUT2D eigenvalue weighted by Gasteiger charge is -2.42. The molecule has 2 rings (SSSR count). The first-order valence-corrected chi connectivity index (χ1v) is 5.99. The van der Waals surface area contributed by atoms with Crippen LogP contribution in [0.4, 0.5) is 0 Å². The summed E-state index contributed by atoms with van der Waals surface area (Å²) in [5.41, 5.74) is 1.98. The molecule has 76 valence electrons. The number of hydrogen-bond donors (Lipinski definition) is 1. The molecule has 0 radical (unpaired) electrons. The molecule has 1 aromatic carbocycles. The van der Waals surface area contributed by atoms with Crippen molar-refractivity contribution in [2.75, 3.05) is 13.1 Å². The Labute approximate surface area is 94.0 Å². The fourth-order valence-corrected chi connectivity index (χ4v) is 2.51. The molecule has 1 nitrogen and oxygen atoms in total. The molecule has 0 atom stereocenters. The van der Waals surface area contributed by atoms with Crippen molar-refractivity contribution < 1.29 is 0 Å². The van der Waals surface area contributed by atoms with E-state index in [9.17, 15) is 0 Å². The lowest BCUT2D eigenvalue weighted by atomic mass is 9.74. The van der Waals surface area contributed by atoms with Crippen LogP contribution >= 0.6 is 15.9 Å². The maximum Gasteiger partial charge on any atom is 0.0177 e. The van der Waals surface area contributed by atoms with E-state index in [0.29, 0.717) is 5.41 Å². The fourth-order valence-electron chi connectivity index (χ4n) is 2.06. The van der Waals surface area contributed by atoms with Gasteiger partial charge >= 0.3 is 0 Å². The van der Waals surface area contributed by atoms with Crippen LogP contribution in [0.15, 0.2) is 28.7 Å². The first-order valence-electron chi connectivity index (χ1n) is 5.19. The molecule has 0 unspecified atom stereocenters. The normalized spacial score (nSPS) is 19.0. The molecule has 0 aliphatic carbocycles. The zero-order valence-corrected chi connectivity index (χ0v) is 10.1. The molecule has 0 amide bonds. The Kier molecular flexibility index (Phi) is 2.93. The molecule has 1 fully saturated rings. The van der Waals surface area contributed by atoms with Crippen LogP contribution < -0.4 is 5.32 Å². The van der Waals surface area contributed by atoms with E-state index in [1.165, 1.54) is 36.0 Å². The lowest BCUT2D eigenvalue weighted by molar-refractivity contribution is 0.160. The molecule has 1 aliphatic heterocycles. The molecule has 0 aromatic heterocycles. The quantitative estimate of drug-likeness (QED) is 0.874. The molecule has 2 heteroatoms. The van der Waals surface area contributed by atoms with Gasteiger partial charge in [0.25, 0.3) is 0 Å². The minimum atomic E-state index is 0.529.